The lowest BCUT2D eigenvalue weighted by Gasteiger charge is -2.43. The summed E-state index contributed by atoms with van der Waals surface area (Å²) in [5, 5.41) is 47.5. The van der Waals surface area contributed by atoms with Gasteiger partial charge in [-0.15, -0.1) is 0 Å². The summed E-state index contributed by atoms with van der Waals surface area (Å²) in [6, 6.07) is 10.8. The van der Waals surface area contributed by atoms with Crippen molar-refractivity contribution < 1.29 is 71.7 Å². The number of Topliss-reactive ketones (excluding diaryl/α,β-unsaturated/α-hetero) is 1. The lowest BCUT2D eigenvalue weighted by atomic mass is 9.72. The van der Waals surface area contributed by atoms with Crippen molar-refractivity contribution in [2.24, 2.45) is 0 Å². The number of halogens is 3. The molecule has 51 heavy (non-hydrogen) atoms. The molecule has 1 amide bonds. The summed E-state index contributed by atoms with van der Waals surface area (Å²) in [5.41, 5.74) is -4.53. The van der Waals surface area contributed by atoms with Gasteiger partial charge in [-0.1, -0.05) is 30.3 Å². The molecule has 13 nitrogen and oxygen atoms in total. The molecule has 1 saturated heterocycles. The van der Waals surface area contributed by atoms with E-state index in [1.54, 1.807) is 35.6 Å². The van der Waals surface area contributed by atoms with Crippen LogP contribution in [0, 0.1) is 0 Å². The maximum absolute atomic E-state index is 13.9. The third kappa shape index (κ3) is 6.39. The number of phenolic OH excluding ortho intramolecular Hbond substituents is 2. The molecule has 0 spiro atoms. The number of amides is 1. The fraction of sp³-hybridized carbons (Fsp3) is 0.371. The molecule has 3 aromatic carbocycles. The second kappa shape index (κ2) is 13.3. The number of carbonyl (C=O) groups is 4. The first-order valence-electron chi connectivity index (χ1n) is 15.7. The van der Waals surface area contributed by atoms with E-state index in [2.05, 4.69) is 0 Å². The number of aromatic hydroxyl groups is 2. The number of aliphatic hydroxyl groups excluding tert-OH is 1. The van der Waals surface area contributed by atoms with E-state index < -0.39 is 114 Å². The zero-order valence-electron chi connectivity index (χ0n) is 27.0. The molecule has 2 aliphatic carbocycles. The lowest BCUT2D eigenvalue weighted by Crippen LogP contribution is -2.57. The van der Waals surface area contributed by atoms with Crippen molar-refractivity contribution in [1.82, 2.24) is 5.32 Å². The number of ether oxygens (including phenoxy) is 4. The Hall–Kier alpha value is -5.03. The zero-order valence-corrected chi connectivity index (χ0v) is 27.0. The number of hydrogen-bond donors (Lipinski definition) is 5. The van der Waals surface area contributed by atoms with Gasteiger partial charge in [0, 0.05) is 36.0 Å². The van der Waals surface area contributed by atoms with Gasteiger partial charge in [-0.2, -0.15) is 13.2 Å². The van der Waals surface area contributed by atoms with Gasteiger partial charge in [-0.05, 0) is 25.1 Å². The molecule has 6 rings (SSSR count). The fourth-order valence-corrected chi connectivity index (χ4v) is 6.76. The number of fused-ring (bicyclic) bond motifs is 3. The highest BCUT2D eigenvalue weighted by molar-refractivity contribution is 6.31. The average Bonchev–Trinajstić information content (AvgIpc) is 3.09. The normalized spacial score (nSPS) is 25.7. The van der Waals surface area contributed by atoms with Crippen LogP contribution in [0.15, 0.2) is 48.5 Å². The second-order valence-corrected chi connectivity index (χ2v) is 12.5. The van der Waals surface area contributed by atoms with Gasteiger partial charge < -0.3 is 44.7 Å². The monoisotopic (exact) mass is 715 g/mol. The summed E-state index contributed by atoms with van der Waals surface area (Å²) in [4.78, 5) is 53.0. The first-order chi connectivity index (χ1) is 24.1. The van der Waals surface area contributed by atoms with Crippen molar-refractivity contribution in [1.29, 1.82) is 0 Å². The third-order valence-electron chi connectivity index (χ3n) is 9.30. The molecule has 3 aromatic rings. The van der Waals surface area contributed by atoms with Gasteiger partial charge in [-0.25, -0.2) is 0 Å². The number of phenols is 2. The molecule has 1 fully saturated rings. The van der Waals surface area contributed by atoms with Crippen molar-refractivity contribution in [2.75, 3.05) is 13.7 Å². The van der Waals surface area contributed by atoms with E-state index in [1.165, 1.54) is 32.2 Å². The van der Waals surface area contributed by atoms with Gasteiger partial charge in [0.15, 0.2) is 12.1 Å². The van der Waals surface area contributed by atoms with Crippen LogP contribution in [0.3, 0.4) is 0 Å². The summed E-state index contributed by atoms with van der Waals surface area (Å²) in [7, 11) is 1.27. The average molecular weight is 716 g/mol. The van der Waals surface area contributed by atoms with E-state index in [0.717, 1.165) is 0 Å². The topological polar surface area (TPSA) is 198 Å². The first kappa shape index (κ1) is 35.8. The van der Waals surface area contributed by atoms with Gasteiger partial charge in [-0.3, -0.25) is 19.2 Å². The Morgan fingerprint density at radius 3 is 2.35 bits per heavy atom. The Morgan fingerprint density at radius 1 is 1.00 bits per heavy atom. The number of rotatable bonds is 8. The van der Waals surface area contributed by atoms with E-state index in [4.69, 9.17) is 18.9 Å². The molecule has 0 bridgehead atoms. The molecular formula is C35H32F3NO12. The Morgan fingerprint density at radius 2 is 1.69 bits per heavy atom. The minimum absolute atomic E-state index is 0.00870. The van der Waals surface area contributed by atoms with Crippen LogP contribution in [-0.2, 0) is 25.5 Å². The quantitative estimate of drug-likeness (QED) is 0.168. The Bertz CT molecular complexity index is 1920. The highest BCUT2D eigenvalue weighted by Crippen LogP contribution is 2.52. The number of carbonyl (C=O) groups excluding carboxylic acids is 4. The van der Waals surface area contributed by atoms with E-state index >= 15 is 0 Å². The Kier molecular flexibility index (Phi) is 9.30. The van der Waals surface area contributed by atoms with Crippen LogP contribution in [-0.4, -0.2) is 93.7 Å². The lowest BCUT2D eigenvalue weighted by molar-refractivity contribution is -0.250. The minimum Gasteiger partial charge on any atom is -0.507 e. The van der Waals surface area contributed by atoms with Gasteiger partial charge in [0.05, 0.1) is 42.0 Å². The number of hydrogen-bond acceptors (Lipinski definition) is 12. The molecule has 0 aromatic heterocycles. The van der Waals surface area contributed by atoms with E-state index in [0.29, 0.717) is 5.75 Å². The van der Waals surface area contributed by atoms with Gasteiger partial charge >= 0.3 is 12.1 Å². The zero-order chi connectivity index (χ0) is 37.0. The largest absolute Gasteiger partial charge is 0.507 e. The molecule has 0 saturated carbocycles. The molecule has 1 heterocycles. The van der Waals surface area contributed by atoms with Crippen molar-refractivity contribution >= 4 is 23.3 Å². The highest BCUT2D eigenvalue weighted by Gasteiger charge is 2.51. The van der Waals surface area contributed by atoms with Crippen LogP contribution in [0.25, 0.3) is 0 Å². The third-order valence-corrected chi connectivity index (χ3v) is 9.30. The number of alkyl halides is 3. The van der Waals surface area contributed by atoms with Crippen LogP contribution < -0.4 is 14.8 Å². The summed E-state index contributed by atoms with van der Waals surface area (Å²) in [6.07, 6.45) is -13.1. The molecule has 0 radical (unpaired) electrons. The molecular weight excluding hydrogens is 683 g/mol. The van der Waals surface area contributed by atoms with Gasteiger partial charge in [0.25, 0.3) is 0 Å². The van der Waals surface area contributed by atoms with Crippen LogP contribution in [0.2, 0.25) is 0 Å². The molecule has 6 unspecified atom stereocenters. The summed E-state index contributed by atoms with van der Waals surface area (Å²) >= 11 is 0. The molecule has 1 aliphatic heterocycles. The summed E-state index contributed by atoms with van der Waals surface area (Å²) in [6.45, 7) is 0.636. The molecule has 5 N–H and O–H groups in total. The van der Waals surface area contributed by atoms with E-state index in [-0.39, 0.29) is 28.0 Å². The minimum atomic E-state index is -5.27. The Labute approximate surface area is 287 Å². The van der Waals surface area contributed by atoms with Gasteiger partial charge in [0.1, 0.15) is 41.3 Å². The predicted molar refractivity (Wildman–Crippen MR) is 167 cm³/mol. The van der Waals surface area contributed by atoms with Crippen LogP contribution >= 0.6 is 0 Å². The van der Waals surface area contributed by atoms with Crippen molar-refractivity contribution in [3.8, 4) is 23.0 Å². The number of ketones is 3. The highest BCUT2D eigenvalue weighted by atomic mass is 19.4. The van der Waals surface area contributed by atoms with Crippen molar-refractivity contribution in [2.45, 2.75) is 68.6 Å². The van der Waals surface area contributed by atoms with E-state index in [9.17, 15) is 52.8 Å². The number of benzene rings is 3. The van der Waals surface area contributed by atoms with Crippen LogP contribution in [0.5, 0.6) is 23.0 Å². The predicted octanol–water partition coefficient (Wildman–Crippen LogP) is 2.81. The summed E-state index contributed by atoms with van der Waals surface area (Å²) in [5.74, 6) is -6.32. The number of aliphatic hydroxyl groups is 2. The molecule has 16 heteroatoms. The molecule has 3 aliphatic rings. The second-order valence-electron chi connectivity index (χ2n) is 12.5. The number of methoxy groups -OCH3 is 1. The molecule has 6 atom stereocenters. The van der Waals surface area contributed by atoms with Crippen LogP contribution in [0.1, 0.15) is 68.8 Å². The first-order valence-corrected chi connectivity index (χ1v) is 15.7. The Balaban J connectivity index is 1.42. The van der Waals surface area contributed by atoms with Gasteiger partial charge in [0.2, 0.25) is 11.6 Å². The fourth-order valence-electron chi connectivity index (χ4n) is 6.76. The smallest absolute Gasteiger partial charge is 0.471 e. The SMILES string of the molecule is COc1cccc2c1C(=O)c1c(O)c3c(c(O)c1C2=O)CC(O)(C(=O)COc1ccccc1)CC3OC1CC(NC(=O)C(F)(F)F)C(O)C(C)O1. The van der Waals surface area contributed by atoms with Crippen LogP contribution in [0.4, 0.5) is 13.2 Å². The van der Waals surface area contributed by atoms with Crippen molar-refractivity contribution in [3.05, 3.63) is 81.9 Å². The van der Waals surface area contributed by atoms with E-state index in [1.807, 2.05) is 0 Å². The number of para-hydroxylation sites is 1. The van der Waals surface area contributed by atoms with Crippen molar-refractivity contribution in [3.63, 3.8) is 0 Å². The maximum Gasteiger partial charge on any atom is 0.471 e. The number of nitrogens with one attached hydrogen (secondary N) is 1. The molecule has 270 valence electrons. The standard InChI is InChI=1S/C35H32F3NO12/c1-15-28(41)19(39-33(46)35(36,37)38)11-23(50-15)51-21-13-34(47,22(40)14-49-16-7-4-3-5-8-16)12-18-25(21)32(45)27-26(30(18)43)29(42)17-9-6-10-20(48-2)24(17)31(27)44/h3-10,15,19,21,23,28,41,43,45,47H,11-14H2,1-2H3,(H,39,46). The maximum atomic E-state index is 13.9. The summed E-state index contributed by atoms with van der Waals surface area (Å²) < 4.78 is 61.8.